The number of carboxylic acids is 1. The van der Waals surface area contributed by atoms with E-state index in [1.165, 1.54) is 0 Å². The first-order valence-corrected chi connectivity index (χ1v) is 7.36. The number of ketones is 1. The number of unbranched alkanes of at least 4 members (excludes halogenated alkanes) is 1. The van der Waals surface area contributed by atoms with E-state index in [9.17, 15) is 9.59 Å². The van der Waals surface area contributed by atoms with E-state index in [-0.39, 0.29) is 12.2 Å². The van der Waals surface area contributed by atoms with Crippen molar-refractivity contribution in [3.63, 3.8) is 0 Å². The highest BCUT2D eigenvalue weighted by Crippen LogP contribution is 2.16. The number of carbonyl (C=O) groups excluding carboxylic acids is 1. The molecule has 1 aromatic heterocycles. The van der Waals surface area contributed by atoms with Crippen molar-refractivity contribution < 1.29 is 14.7 Å². The molecule has 5 heteroatoms. The van der Waals surface area contributed by atoms with Gasteiger partial charge in [-0.15, -0.1) is 0 Å². The fraction of sp³-hybridized carbons (Fsp3) is 0.353. The molecule has 0 aliphatic carbocycles. The van der Waals surface area contributed by atoms with Gasteiger partial charge in [0.15, 0.2) is 5.78 Å². The summed E-state index contributed by atoms with van der Waals surface area (Å²) in [5.41, 5.74) is 3.34. The topological polar surface area (TPSA) is 72.2 Å². The fourth-order valence-corrected chi connectivity index (χ4v) is 2.27. The molecule has 5 nitrogen and oxygen atoms in total. The number of aliphatic carboxylic acids is 1. The van der Waals surface area contributed by atoms with Crippen molar-refractivity contribution in [2.24, 2.45) is 0 Å². The number of benzene rings is 1. The zero-order valence-corrected chi connectivity index (χ0v) is 12.9. The molecule has 1 aromatic carbocycles. The molecule has 0 atom stereocenters. The fourth-order valence-electron chi connectivity index (χ4n) is 2.27. The average molecular weight is 300 g/mol. The summed E-state index contributed by atoms with van der Waals surface area (Å²) in [6.07, 6.45) is 1.52. The monoisotopic (exact) mass is 300 g/mol. The number of hydrogen-bond acceptors (Lipinski definition) is 3. The van der Waals surface area contributed by atoms with Crippen LogP contribution in [0.4, 0.5) is 0 Å². The minimum absolute atomic E-state index is 0.00781. The average Bonchev–Trinajstić information content (AvgIpc) is 2.86. The Morgan fingerprint density at radius 2 is 1.73 bits per heavy atom. The van der Waals surface area contributed by atoms with Crippen LogP contribution in [0.5, 0.6) is 0 Å². The van der Waals surface area contributed by atoms with Crippen LogP contribution < -0.4 is 0 Å². The summed E-state index contributed by atoms with van der Waals surface area (Å²) in [5.74, 6) is -0.834. The molecule has 0 unspecified atom stereocenters. The molecule has 2 rings (SSSR count). The highest BCUT2D eigenvalue weighted by molar-refractivity contribution is 5.95. The van der Waals surface area contributed by atoms with E-state index in [2.05, 4.69) is 5.10 Å². The lowest BCUT2D eigenvalue weighted by Crippen LogP contribution is -2.09. The third-order valence-electron chi connectivity index (χ3n) is 3.44. The molecule has 2 aromatic rings. The van der Waals surface area contributed by atoms with Crippen molar-refractivity contribution in [2.75, 3.05) is 0 Å². The van der Waals surface area contributed by atoms with Gasteiger partial charge >= 0.3 is 5.97 Å². The molecule has 116 valence electrons. The Hall–Kier alpha value is -2.43. The summed E-state index contributed by atoms with van der Waals surface area (Å²) in [6.45, 7) is 3.86. The Morgan fingerprint density at radius 1 is 1.09 bits per heavy atom. The van der Waals surface area contributed by atoms with E-state index in [1.807, 2.05) is 38.1 Å². The second-order valence-electron chi connectivity index (χ2n) is 5.44. The third-order valence-corrected chi connectivity index (χ3v) is 3.44. The number of carbonyl (C=O) groups is 2. The summed E-state index contributed by atoms with van der Waals surface area (Å²) in [4.78, 5) is 22.8. The van der Waals surface area contributed by atoms with Crippen molar-refractivity contribution >= 4 is 11.8 Å². The molecular formula is C17H20N2O3. The number of carboxylic acid groups (broad SMARTS) is 1. The van der Waals surface area contributed by atoms with E-state index < -0.39 is 5.97 Å². The maximum Gasteiger partial charge on any atom is 0.303 e. The molecule has 0 fully saturated rings. The SMILES string of the molecule is Cc1ccc(-n2nc(C)cc2C(=O)CCCCC(=O)O)cc1. The Balaban J connectivity index is 2.12. The molecular weight excluding hydrogens is 280 g/mol. The Bertz CT molecular complexity index is 672. The number of rotatable bonds is 7. The number of hydrogen-bond donors (Lipinski definition) is 1. The van der Waals surface area contributed by atoms with Crippen LogP contribution in [0.15, 0.2) is 30.3 Å². The molecule has 0 aliphatic heterocycles. The highest BCUT2D eigenvalue weighted by Gasteiger charge is 2.15. The molecule has 0 saturated carbocycles. The van der Waals surface area contributed by atoms with Crippen LogP contribution >= 0.6 is 0 Å². The van der Waals surface area contributed by atoms with Crippen molar-refractivity contribution in [3.05, 3.63) is 47.3 Å². The van der Waals surface area contributed by atoms with E-state index >= 15 is 0 Å². The number of aromatic nitrogens is 2. The van der Waals surface area contributed by atoms with Crippen molar-refractivity contribution in [1.29, 1.82) is 0 Å². The largest absolute Gasteiger partial charge is 0.481 e. The molecule has 0 bridgehead atoms. The maximum absolute atomic E-state index is 12.4. The van der Waals surface area contributed by atoms with Crippen molar-refractivity contribution in [3.8, 4) is 5.69 Å². The molecule has 0 radical (unpaired) electrons. The van der Waals surface area contributed by atoms with Crippen molar-refractivity contribution in [2.45, 2.75) is 39.5 Å². The molecule has 1 N–H and O–H groups in total. The van der Waals surface area contributed by atoms with Crippen LogP contribution in [0.25, 0.3) is 5.69 Å². The smallest absolute Gasteiger partial charge is 0.303 e. The molecule has 0 amide bonds. The summed E-state index contributed by atoms with van der Waals surface area (Å²) >= 11 is 0. The predicted molar refractivity (Wildman–Crippen MR) is 83.5 cm³/mol. The minimum Gasteiger partial charge on any atom is -0.481 e. The van der Waals surface area contributed by atoms with Crippen LogP contribution in [0.1, 0.15) is 47.4 Å². The van der Waals surface area contributed by atoms with Gasteiger partial charge in [0.25, 0.3) is 0 Å². The van der Waals surface area contributed by atoms with Crippen LogP contribution in [0.3, 0.4) is 0 Å². The lowest BCUT2D eigenvalue weighted by Gasteiger charge is -2.07. The molecule has 22 heavy (non-hydrogen) atoms. The van der Waals surface area contributed by atoms with Crippen LogP contribution in [0, 0.1) is 13.8 Å². The number of aryl methyl sites for hydroxylation is 2. The second-order valence-corrected chi connectivity index (χ2v) is 5.44. The van der Waals surface area contributed by atoms with Crippen LogP contribution in [-0.4, -0.2) is 26.6 Å². The highest BCUT2D eigenvalue weighted by atomic mass is 16.4. The first-order valence-electron chi connectivity index (χ1n) is 7.36. The van der Waals surface area contributed by atoms with Gasteiger partial charge in [0.1, 0.15) is 5.69 Å². The summed E-state index contributed by atoms with van der Waals surface area (Å²) < 4.78 is 1.66. The second kappa shape index (κ2) is 7.02. The van der Waals surface area contributed by atoms with Gasteiger partial charge in [-0.05, 0) is 44.9 Å². The zero-order valence-electron chi connectivity index (χ0n) is 12.9. The van der Waals surface area contributed by atoms with Crippen molar-refractivity contribution in [1.82, 2.24) is 9.78 Å². The van der Waals surface area contributed by atoms with Gasteiger partial charge in [-0.25, -0.2) is 4.68 Å². The quantitative estimate of drug-likeness (QED) is 0.629. The zero-order chi connectivity index (χ0) is 16.1. The van der Waals surface area contributed by atoms with Gasteiger partial charge < -0.3 is 5.11 Å². The van der Waals surface area contributed by atoms with Gasteiger partial charge in [0.05, 0.1) is 11.4 Å². The number of nitrogens with zero attached hydrogens (tertiary/aromatic N) is 2. The summed E-state index contributed by atoms with van der Waals surface area (Å²) in [5, 5.41) is 13.0. The van der Waals surface area contributed by atoms with E-state index in [0.717, 1.165) is 16.9 Å². The third kappa shape index (κ3) is 4.04. The summed E-state index contributed by atoms with van der Waals surface area (Å²) in [7, 11) is 0. The lowest BCUT2D eigenvalue weighted by atomic mass is 10.1. The van der Waals surface area contributed by atoms with Gasteiger partial charge in [-0.2, -0.15) is 5.10 Å². The van der Waals surface area contributed by atoms with Gasteiger partial charge in [-0.3, -0.25) is 9.59 Å². The Kier molecular flexibility index (Phi) is 5.09. The maximum atomic E-state index is 12.4. The molecule has 1 heterocycles. The minimum atomic E-state index is -0.826. The first kappa shape index (κ1) is 15.9. The molecule has 0 spiro atoms. The number of Topliss-reactive ketones (excluding diaryl/α,β-unsaturated/α-hetero) is 1. The molecule has 0 saturated heterocycles. The van der Waals surface area contributed by atoms with E-state index in [0.29, 0.717) is 25.0 Å². The van der Waals surface area contributed by atoms with Gasteiger partial charge in [-0.1, -0.05) is 17.7 Å². The van der Waals surface area contributed by atoms with E-state index in [1.54, 1.807) is 10.7 Å². The van der Waals surface area contributed by atoms with Crippen LogP contribution in [-0.2, 0) is 4.79 Å². The standard InChI is InChI=1S/C17H20N2O3/c1-12-7-9-14(10-8-12)19-15(11-13(2)18-19)16(20)5-3-4-6-17(21)22/h7-11H,3-6H2,1-2H3,(H,21,22). The lowest BCUT2D eigenvalue weighted by molar-refractivity contribution is -0.137. The summed E-state index contributed by atoms with van der Waals surface area (Å²) in [6, 6.07) is 9.60. The molecule has 0 aliphatic rings. The van der Waals surface area contributed by atoms with Gasteiger partial charge in [0.2, 0.25) is 0 Å². The first-order chi connectivity index (χ1) is 10.5. The Labute approximate surface area is 129 Å². The predicted octanol–water partition coefficient (Wildman–Crippen LogP) is 3.32. The Morgan fingerprint density at radius 3 is 2.36 bits per heavy atom. The van der Waals surface area contributed by atoms with E-state index in [4.69, 9.17) is 5.11 Å². The normalized spacial score (nSPS) is 10.6. The van der Waals surface area contributed by atoms with Crippen LogP contribution in [0.2, 0.25) is 0 Å². The van der Waals surface area contributed by atoms with Gasteiger partial charge in [0, 0.05) is 12.8 Å².